The number of nitrogens with zero attached hydrogens (tertiary/aromatic N) is 1. The van der Waals surface area contributed by atoms with Gasteiger partial charge in [-0.3, -0.25) is 19.8 Å². The summed E-state index contributed by atoms with van der Waals surface area (Å²) >= 11 is 11.4. The lowest BCUT2D eigenvalue weighted by Crippen LogP contribution is -2.54. The number of carboxylic acid groups (broad SMARTS) is 1. The number of thiocarbonyl (C=S) groups is 1. The quantitative estimate of drug-likeness (QED) is 0.335. The van der Waals surface area contributed by atoms with Gasteiger partial charge in [0.15, 0.2) is 5.11 Å². The van der Waals surface area contributed by atoms with Crippen LogP contribution in [0.4, 0.5) is 5.69 Å². The van der Waals surface area contributed by atoms with Crippen molar-refractivity contribution >= 4 is 58.5 Å². The standard InChI is InChI=1S/C23H15ClN2O5S/c1-12-17(24)3-2-4-18(12)26-21(28)16(20(27)25-23(26)32)11-15-9-10-19(31-15)13-5-7-14(8-6-13)22(29)30/h2-11H,1H3,(H,29,30)(H,25,27,32)/b16-11-. The first-order valence-corrected chi connectivity index (χ1v) is 10.1. The second-order valence-electron chi connectivity index (χ2n) is 6.93. The van der Waals surface area contributed by atoms with Crippen molar-refractivity contribution in [1.82, 2.24) is 5.32 Å². The van der Waals surface area contributed by atoms with Crippen LogP contribution in [-0.4, -0.2) is 28.0 Å². The smallest absolute Gasteiger partial charge is 0.335 e. The number of amides is 2. The van der Waals surface area contributed by atoms with E-state index in [9.17, 15) is 14.4 Å². The Morgan fingerprint density at radius 1 is 1.12 bits per heavy atom. The molecular formula is C23H15ClN2O5S. The third kappa shape index (κ3) is 3.93. The van der Waals surface area contributed by atoms with Gasteiger partial charge < -0.3 is 9.52 Å². The molecular weight excluding hydrogens is 452 g/mol. The summed E-state index contributed by atoms with van der Waals surface area (Å²) in [6.07, 6.45) is 1.33. The molecule has 2 aromatic carbocycles. The Kier molecular flexibility index (Phi) is 5.65. The van der Waals surface area contributed by atoms with E-state index in [-0.39, 0.29) is 22.0 Å². The monoisotopic (exact) mass is 466 g/mol. The van der Waals surface area contributed by atoms with Gasteiger partial charge >= 0.3 is 5.97 Å². The van der Waals surface area contributed by atoms with Crippen LogP contribution in [0, 0.1) is 6.92 Å². The highest BCUT2D eigenvalue weighted by atomic mass is 35.5. The summed E-state index contributed by atoms with van der Waals surface area (Å²) in [5.74, 6) is -1.54. The van der Waals surface area contributed by atoms with Gasteiger partial charge in [-0.15, -0.1) is 0 Å². The molecule has 32 heavy (non-hydrogen) atoms. The van der Waals surface area contributed by atoms with E-state index in [1.165, 1.54) is 23.1 Å². The van der Waals surface area contributed by atoms with Crippen molar-refractivity contribution in [1.29, 1.82) is 0 Å². The van der Waals surface area contributed by atoms with Crippen LogP contribution in [0.15, 0.2) is 64.6 Å². The van der Waals surface area contributed by atoms with Crippen molar-refractivity contribution < 1.29 is 23.9 Å². The second-order valence-corrected chi connectivity index (χ2v) is 7.72. The highest BCUT2D eigenvalue weighted by Gasteiger charge is 2.35. The first kappa shape index (κ1) is 21.5. The van der Waals surface area contributed by atoms with Gasteiger partial charge in [0.25, 0.3) is 11.8 Å². The van der Waals surface area contributed by atoms with E-state index < -0.39 is 17.8 Å². The molecule has 0 saturated carbocycles. The zero-order chi connectivity index (χ0) is 23.0. The molecule has 0 unspecified atom stereocenters. The molecule has 1 fully saturated rings. The SMILES string of the molecule is Cc1c(Cl)cccc1N1C(=O)/C(=C\c2ccc(-c3ccc(C(=O)O)cc3)o2)C(=O)NC1=S. The maximum absolute atomic E-state index is 13.2. The van der Waals surface area contributed by atoms with Crippen molar-refractivity contribution in [2.45, 2.75) is 6.92 Å². The molecule has 1 aliphatic rings. The summed E-state index contributed by atoms with van der Waals surface area (Å²) in [5, 5.41) is 12.0. The molecule has 3 aromatic rings. The number of furan rings is 1. The summed E-state index contributed by atoms with van der Waals surface area (Å²) in [6, 6.07) is 14.5. The zero-order valence-corrected chi connectivity index (χ0v) is 18.2. The van der Waals surface area contributed by atoms with Gasteiger partial charge in [-0.05, 0) is 67.2 Å². The number of carbonyl (C=O) groups excluding carboxylic acids is 2. The molecule has 0 radical (unpaired) electrons. The minimum Gasteiger partial charge on any atom is -0.478 e. The van der Waals surface area contributed by atoms with Crippen LogP contribution in [0.3, 0.4) is 0 Å². The average molecular weight is 467 g/mol. The third-order valence-electron chi connectivity index (χ3n) is 4.91. The van der Waals surface area contributed by atoms with Crippen molar-refractivity contribution in [3.8, 4) is 11.3 Å². The Labute approximate surface area is 192 Å². The van der Waals surface area contributed by atoms with Crippen molar-refractivity contribution in [2.24, 2.45) is 0 Å². The van der Waals surface area contributed by atoms with Gasteiger partial charge in [-0.25, -0.2) is 4.79 Å². The number of benzene rings is 2. The maximum atomic E-state index is 13.2. The molecule has 1 aliphatic heterocycles. The predicted octanol–water partition coefficient (Wildman–Crippen LogP) is 4.44. The number of hydrogen-bond acceptors (Lipinski definition) is 5. The summed E-state index contributed by atoms with van der Waals surface area (Å²) in [7, 11) is 0. The Morgan fingerprint density at radius 3 is 2.53 bits per heavy atom. The summed E-state index contributed by atoms with van der Waals surface area (Å²) in [5.41, 5.74) is 1.76. The fourth-order valence-corrected chi connectivity index (χ4v) is 3.66. The average Bonchev–Trinajstić information content (AvgIpc) is 3.23. The Balaban J connectivity index is 1.67. The van der Waals surface area contributed by atoms with Crippen LogP contribution in [-0.2, 0) is 9.59 Å². The number of halogens is 1. The molecule has 0 spiro atoms. The molecule has 9 heteroatoms. The number of aromatic carboxylic acids is 1. The van der Waals surface area contributed by atoms with Gasteiger partial charge in [0.05, 0.1) is 11.3 Å². The number of rotatable bonds is 4. The number of hydrogen-bond donors (Lipinski definition) is 2. The molecule has 0 bridgehead atoms. The van der Waals surface area contributed by atoms with E-state index in [1.54, 1.807) is 49.4 Å². The molecule has 0 atom stereocenters. The van der Waals surface area contributed by atoms with Crippen LogP contribution in [0.25, 0.3) is 17.4 Å². The Hall–Kier alpha value is -3.75. The van der Waals surface area contributed by atoms with E-state index >= 15 is 0 Å². The van der Waals surface area contributed by atoms with Crippen LogP contribution < -0.4 is 10.2 Å². The fraction of sp³-hybridized carbons (Fsp3) is 0.0435. The fourth-order valence-electron chi connectivity index (χ4n) is 3.22. The van der Waals surface area contributed by atoms with Crippen LogP contribution in [0.5, 0.6) is 0 Å². The molecule has 160 valence electrons. The molecule has 2 heterocycles. The summed E-state index contributed by atoms with van der Waals surface area (Å²) < 4.78 is 5.75. The highest BCUT2D eigenvalue weighted by Crippen LogP contribution is 2.30. The maximum Gasteiger partial charge on any atom is 0.335 e. The van der Waals surface area contributed by atoms with Crippen molar-refractivity contribution in [2.75, 3.05) is 4.90 Å². The van der Waals surface area contributed by atoms with Gasteiger partial charge in [-0.2, -0.15) is 0 Å². The topological polar surface area (TPSA) is 99.8 Å². The van der Waals surface area contributed by atoms with Gasteiger partial charge in [0.2, 0.25) is 0 Å². The Morgan fingerprint density at radius 2 is 1.84 bits per heavy atom. The van der Waals surface area contributed by atoms with E-state index in [1.807, 2.05) is 0 Å². The van der Waals surface area contributed by atoms with E-state index in [0.717, 1.165) is 0 Å². The highest BCUT2D eigenvalue weighted by molar-refractivity contribution is 7.80. The van der Waals surface area contributed by atoms with Crippen molar-refractivity contribution in [3.05, 3.63) is 82.1 Å². The van der Waals surface area contributed by atoms with E-state index in [4.69, 9.17) is 33.3 Å². The van der Waals surface area contributed by atoms with Crippen molar-refractivity contribution in [3.63, 3.8) is 0 Å². The van der Waals surface area contributed by atoms with Crippen LogP contribution in [0.1, 0.15) is 21.7 Å². The second kappa shape index (κ2) is 8.41. The molecule has 1 saturated heterocycles. The van der Waals surface area contributed by atoms with E-state index in [2.05, 4.69) is 5.32 Å². The zero-order valence-electron chi connectivity index (χ0n) is 16.6. The molecule has 2 amide bonds. The first-order valence-electron chi connectivity index (χ1n) is 9.36. The molecule has 4 rings (SSSR count). The third-order valence-corrected chi connectivity index (χ3v) is 5.61. The molecule has 0 aliphatic carbocycles. The summed E-state index contributed by atoms with van der Waals surface area (Å²) in [4.78, 5) is 37.9. The number of carboxylic acids is 1. The normalized spacial score (nSPS) is 15.2. The Bertz CT molecular complexity index is 1310. The lowest BCUT2D eigenvalue weighted by molar-refractivity contribution is -0.122. The largest absolute Gasteiger partial charge is 0.478 e. The molecule has 7 nitrogen and oxygen atoms in total. The van der Waals surface area contributed by atoms with Gasteiger partial charge in [0, 0.05) is 10.6 Å². The molecule has 2 N–H and O–H groups in total. The molecule has 1 aromatic heterocycles. The number of nitrogens with one attached hydrogen (secondary N) is 1. The lowest BCUT2D eigenvalue weighted by Gasteiger charge is -2.30. The summed E-state index contributed by atoms with van der Waals surface area (Å²) in [6.45, 7) is 1.75. The predicted molar refractivity (Wildman–Crippen MR) is 123 cm³/mol. The number of carbonyl (C=O) groups is 3. The minimum absolute atomic E-state index is 0.0406. The first-order chi connectivity index (χ1) is 15.3. The van der Waals surface area contributed by atoms with Gasteiger partial charge in [-0.1, -0.05) is 29.8 Å². The number of anilines is 1. The van der Waals surface area contributed by atoms with Crippen LogP contribution >= 0.6 is 23.8 Å². The lowest BCUT2D eigenvalue weighted by atomic mass is 10.1. The van der Waals surface area contributed by atoms with Crippen LogP contribution in [0.2, 0.25) is 5.02 Å². The van der Waals surface area contributed by atoms with E-state index in [0.29, 0.717) is 27.6 Å². The van der Waals surface area contributed by atoms with Gasteiger partial charge in [0.1, 0.15) is 17.1 Å². The minimum atomic E-state index is -1.03.